The molecule has 0 spiro atoms. The van der Waals surface area contributed by atoms with Gasteiger partial charge in [0.15, 0.2) is 0 Å². The van der Waals surface area contributed by atoms with E-state index in [4.69, 9.17) is 16.6 Å². The lowest BCUT2D eigenvalue weighted by Crippen LogP contribution is -2.28. The second-order valence-electron chi connectivity index (χ2n) is 6.40. The van der Waals surface area contributed by atoms with E-state index in [9.17, 15) is 0 Å². The van der Waals surface area contributed by atoms with E-state index < -0.39 is 0 Å². The first-order valence-corrected chi connectivity index (χ1v) is 8.52. The van der Waals surface area contributed by atoms with Crippen molar-refractivity contribution in [3.05, 3.63) is 82.4 Å². The summed E-state index contributed by atoms with van der Waals surface area (Å²) in [4.78, 5) is 7.16. The molecule has 1 unspecified atom stereocenters. The number of fused-ring (bicyclic) bond motifs is 2. The van der Waals surface area contributed by atoms with E-state index >= 15 is 0 Å². The molecule has 0 aliphatic carbocycles. The molecular weight excluding hydrogens is 316 g/mol. The quantitative estimate of drug-likeness (QED) is 0.604. The average molecular weight is 335 g/mol. The molecule has 4 rings (SSSR count). The highest BCUT2D eigenvalue weighted by atomic mass is 35.5. The summed E-state index contributed by atoms with van der Waals surface area (Å²) in [6.07, 6.45) is 0.863. The summed E-state index contributed by atoms with van der Waals surface area (Å²) in [5.41, 5.74) is 3.67. The maximum absolute atomic E-state index is 6.65. The lowest BCUT2D eigenvalue weighted by atomic mass is 9.88. The molecule has 0 fully saturated rings. The van der Waals surface area contributed by atoms with Gasteiger partial charge in [0.25, 0.3) is 0 Å². The Labute approximate surface area is 147 Å². The number of amidine groups is 1. The monoisotopic (exact) mass is 334 g/mol. The van der Waals surface area contributed by atoms with Gasteiger partial charge >= 0.3 is 0 Å². The van der Waals surface area contributed by atoms with Crippen molar-refractivity contribution >= 4 is 28.2 Å². The van der Waals surface area contributed by atoms with Crippen LogP contribution in [0.15, 0.2) is 65.7 Å². The summed E-state index contributed by atoms with van der Waals surface area (Å²) in [5, 5.41) is 3.15. The Morgan fingerprint density at radius 2 is 1.71 bits per heavy atom. The van der Waals surface area contributed by atoms with E-state index in [0.717, 1.165) is 22.8 Å². The van der Waals surface area contributed by atoms with Crippen molar-refractivity contribution in [2.45, 2.75) is 12.5 Å². The van der Waals surface area contributed by atoms with Crippen molar-refractivity contribution in [2.24, 2.45) is 4.99 Å². The number of aliphatic imine (C=N–C) groups is 1. The Balaban J connectivity index is 2.00. The maximum atomic E-state index is 6.65. The predicted octanol–water partition coefficient (Wildman–Crippen LogP) is 5.10. The minimum absolute atomic E-state index is 0.0639. The zero-order valence-corrected chi connectivity index (χ0v) is 14.6. The van der Waals surface area contributed by atoms with Crippen molar-refractivity contribution < 1.29 is 0 Å². The number of nitrogens with zero attached hydrogens (tertiary/aromatic N) is 2. The number of benzene rings is 3. The van der Waals surface area contributed by atoms with Crippen LogP contribution < -0.4 is 0 Å². The van der Waals surface area contributed by atoms with Gasteiger partial charge in [-0.2, -0.15) is 0 Å². The second-order valence-corrected chi connectivity index (χ2v) is 6.81. The summed E-state index contributed by atoms with van der Waals surface area (Å²) >= 11 is 6.65. The molecule has 0 aromatic heterocycles. The van der Waals surface area contributed by atoms with Crippen LogP contribution in [-0.4, -0.2) is 24.8 Å². The summed E-state index contributed by atoms with van der Waals surface area (Å²) in [7, 11) is 4.10. The van der Waals surface area contributed by atoms with Gasteiger partial charge in [-0.15, -0.1) is 0 Å². The summed E-state index contributed by atoms with van der Waals surface area (Å²) in [6.45, 7) is 0. The zero-order chi connectivity index (χ0) is 16.7. The fraction of sp³-hybridized carbons (Fsp3) is 0.190. The molecule has 1 atom stereocenters. The van der Waals surface area contributed by atoms with Gasteiger partial charge in [0.2, 0.25) is 0 Å². The first-order chi connectivity index (χ1) is 11.6. The lowest BCUT2D eigenvalue weighted by molar-refractivity contribution is 0.592. The van der Waals surface area contributed by atoms with Gasteiger partial charge in [-0.1, -0.05) is 66.2 Å². The predicted molar refractivity (Wildman–Crippen MR) is 102 cm³/mol. The average Bonchev–Trinajstić information content (AvgIpc) is 2.61. The Bertz CT molecular complexity index is 943. The van der Waals surface area contributed by atoms with Gasteiger partial charge in [-0.25, -0.2) is 0 Å². The molecule has 2 nitrogen and oxygen atoms in total. The highest BCUT2D eigenvalue weighted by Gasteiger charge is 2.26. The molecule has 3 aromatic rings. The molecule has 0 saturated heterocycles. The maximum Gasteiger partial charge on any atom is 0.104 e. The zero-order valence-electron chi connectivity index (χ0n) is 13.8. The Kier molecular flexibility index (Phi) is 3.78. The minimum Gasteiger partial charge on any atom is -0.366 e. The van der Waals surface area contributed by atoms with Gasteiger partial charge in [0.1, 0.15) is 11.9 Å². The Morgan fingerprint density at radius 1 is 0.958 bits per heavy atom. The minimum atomic E-state index is -0.0639. The second kappa shape index (κ2) is 5.95. The molecule has 1 aliphatic rings. The molecule has 3 aromatic carbocycles. The SMILES string of the molecule is CN(C)C1=NC(c2c(Cl)ccc3ccccc23)c2ccccc2C1. The number of hydrogen-bond donors (Lipinski definition) is 0. The first kappa shape index (κ1) is 15.2. The molecule has 120 valence electrons. The van der Waals surface area contributed by atoms with E-state index in [1.165, 1.54) is 21.9 Å². The molecule has 0 N–H and O–H groups in total. The van der Waals surface area contributed by atoms with Crippen molar-refractivity contribution in [1.29, 1.82) is 0 Å². The number of likely N-dealkylation sites (N-methyl/N-ethyl adjacent to an activating group) is 1. The van der Waals surface area contributed by atoms with Crippen LogP contribution in [0.3, 0.4) is 0 Å². The molecular formula is C21H19ClN2. The van der Waals surface area contributed by atoms with Gasteiger partial charge in [-0.3, -0.25) is 4.99 Å². The van der Waals surface area contributed by atoms with E-state index in [1.807, 2.05) is 6.07 Å². The molecule has 1 heterocycles. The summed E-state index contributed by atoms with van der Waals surface area (Å²) < 4.78 is 0. The molecule has 3 heteroatoms. The molecule has 24 heavy (non-hydrogen) atoms. The highest BCUT2D eigenvalue weighted by molar-refractivity contribution is 6.32. The number of rotatable bonds is 1. The van der Waals surface area contributed by atoms with Crippen LogP contribution in [0.25, 0.3) is 10.8 Å². The van der Waals surface area contributed by atoms with E-state index in [1.54, 1.807) is 0 Å². The topological polar surface area (TPSA) is 15.6 Å². The van der Waals surface area contributed by atoms with E-state index in [0.29, 0.717) is 0 Å². The van der Waals surface area contributed by atoms with Crippen LogP contribution in [0.5, 0.6) is 0 Å². The number of halogens is 1. The fourth-order valence-corrected chi connectivity index (χ4v) is 3.71. The van der Waals surface area contributed by atoms with E-state index in [-0.39, 0.29) is 6.04 Å². The van der Waals surface area contributed by atoms with Crippen LogP contribution in [0, 0.1) is 0 Å². The van der Waals surface area contributed by atoms with Crippen molar-refractivity contribution in [1.82, 2.24) is 4.90 Å². The van der Waals surface area contributed by atoms with Crippen molar-refractivity contribution in [3.63, 3.8) is 0 Å². The molecule has 1 aliphatic heterocycles. The largest absolute Gasteiger partial charge is 0.366 e. The molecule has 0 radical (unpaired) electrons. The van der Waals surface area contributed by atoms with Gasteiger partial charge < -0.3 is 4.90 Å². The normalized spacial score (nSPS) is 16.6. The van der Waals surface area contributed by atoms with Crippen LogP contribution >= 0.6 is 11.6 Å². The first-order valence-electron chi connectivity index (χ1n) is 8.14. The van der Waals surface area contributed by atoms with Crippen molar-refractivity contribution in [2.75, 3.05) is 14.1 Å². The summed E-state index contributed by atoms with van der Waals surface area (Å²) in [6, 6.07) is 20.9. The molecule has 0 saturated carbocycles. The van der Waals surface area contributed by atoms with Gasteiger partial charge in [-0.05, 0) is 28.0 Å². The smallest absolute Gasteiger partial charge is 0.104 e. The standard InChI is InChI=1S/C21H19ClN2/c1-24(2)19-13-15-8-4-6-10-17(15)21(23-19)20-16-9-5-3-7-14(16)11-12-18(20)22/h3-12,21H,13H2,1-2H3. The lowest BCUT2D eigenvalue weighted by Gasteiger charge is -2.28. The number of hydrogen-bond acceptors (Lipinski definition) is 2. The third-order valence-electron chi connectivity index (χ3n) is 4.68. The van der Waals surface area contributed by atoms with Crippen LogP contribution in [0.2, 0.25) is 5.02 Å². The molecule has 0 amide bonds. The third-order valence-corrected chi connectivity index (χ3v) is 5.01. The van der Waals surface area contributed by atoms with Crippen LogP contribution in [0.1, 0.15) is 22.7 Å². The third kappa shape index (κ3) is 2.47. The van der Waals surface area contributed by atoms with Gasteiger partial charge in [0.05, 0.1) is 0 Å². The van der Waals surface area contributed by atoms with Gasteiger partial charge in [0, 0.05) is 31.1 Å². The fourth-order valence-electron chi connectivity index (χ4n) is 3.44. The van der Waals surface area contributed by atoms with Crippen LogP contribution in [0.4, 0.5) is 0 Å². The Hall–Kier alpha value is -2.32. The van der Waals surface area contributed by atoms with Crippen LogP contribution in [-0.2, 0) is 6.42 Å². The summed E-state index contributed by atoms with van der Waals surface area (Å²) in [5.74, 6) is 1.09. The highest BCUT2D eigenvalue weighted by Crippen LogP contribution is 2.40. The van der Waals surface area contributed by atoms with E-state index in [2.05, 4.69) is 73.6 Å². The van der Waals surface area contributed by atoms with Crippen molar-refractivity contribution in [3.8, 4) is 0 Å². The Morgan fingerprint density at radius 3 is 2.54 bits per heavy atom. The molecule has 0 bridgehead atoms.